The lowest BCUT2D eigenvalue weighted by molar-refractivity contribution is -0.112. The van der Waals surface area contributed by atoms with Crippen molar-refractivity contribution in [2.45, 2.75) is 13.8 Å². The Bertz CT molecular complexity index is 1200. The molecule has 6 nitrogen and oxygen atoms in total. The highest BCUT2D eigenvalue weighted by atomic mass is 79.9. The molecule has 0 bridgehead atoms. The number of aromatic nitrogens is 1. The molecule has 1 aromatic heterocycles. The minimum atomic E-state index is -0.475. The summed E-state index contributed by atoms with van der Waals surface area (Å²) in [5.74, 6) is -0.872. The predicted octanol–water partition coefficient (Wildman–Crippen LogP) is 5.19. The Morgan fingerprint density at radius 1 is 1.10 bits per heavy atom. The molecule has 2 aromatic carbocycles. The van der Waals surface area contributed by atoms with Gasteiger partial charge in [0.2, 0.25) is 0 Å². The van der Waals surface area contributed by atoms with Gasteiger partial charge < -0.3 is 14.6 Å². The van der Waals surface area contributed by atoms with Gasteiger partial charge in [-0.05, 0) is 80.1 Å². The predicted molar refractivity (Wildman–Crippen MR) is 123 cm³/mol. The van der Waals surface area contributed by atoms with E-state index in [1.807, 2.05) is 54.8 Å². The number of anilines is 1. The van der Waals surface area contributed by atoms with Crippen LogP contribution in [0.5, 0.6) is 0 Å². The summed E-state index contributed by atoms with van der Waals surface area (Å²) >= 11 is 3.35. The van der Waals surface area contributed by atoms with Gasteiger partial charge in [0.05, 0.1) is 12.7 Å². The molecule has 0 unspecified atom stereocenters. The van der Waals surface area contributed by atoms with Crippen LogP contribution in [0, 0.1) is 25.2 Å². The van der Waals surface area contributed by atoms with Crippen molar-refractivity contribution in [3.63, 3.8) is 0 Å². The zero-order valence-corrected chi connectivity index (χ0v) is 18.9. The number of aryl methyl sites for hydroxylation is 1. The zero-order valence-electron chi connectivity index (χ0n) is 17.3. The van der Waals surface area contributed by atoms with Gasteiger partial charge in [0, 0.05) is 27.2 Å². The van der Waals surface area contributed by atoms with Crippen molar-refractivity contribution in [3.8, 4) is 11.8 Å². The van der Waals surface area contributed by atoms with E-state index in [0.29, 0.717) is 11.3 Å². The number of benzene rings is 2. The number of halogens is 1. The molecule has 0 saturated heterocycles. The van der Waals surface area contributed by atoms with Crippen molar-refractivity contribution in [3.05, 3.63) is 87.2 Å². The smallest absolute Gasteiger partial charge is 0.337 e. The Balaban J connectivity index is 1.90. The minimum absolute atomic E-state index is 0.00390. The number of nitriles is 1. The number of esters is 1. The van der Waals surface area contributed by atoms with Crippen LogP contribution in [0.3, 0.4) is 0 Å². The number of nitrogens with one attached hydrogen (secondary N) is 1. The lowest BCUT2D eigenvalue weighted by Gasteiger charge is -2.10. The van der Waals surface area contributed by atoms with Crippen LogP contribution in [0.4, 0.5) is 5.69 Å². The molecule has 31 heavy (non-hydrogen) atoms. The van der Waals surface area contributed by atoms with Gasteiger partial charge in [-0.1, -0.05) is 15.9 Å². The SMILES string of the molecule is COC(=O)c1ccc(-n2c(C)cc(/C=C(\C#N)C(=O)Nc3ccc(Br)cc3)c2C)cc1. The highest BCUT2D eigenvalue weighted by Gasteiger charge is 2.14. The molecule has 0 aliphatic heterocycles. The number of hydrogen-bond donors (Lipinski definition) is 1. The number of carbonyl (C=O) groups excluding carboxylic acids is 2. The average Bonchev–Trinajstić information content (AvgIpc) is 3.05. The van der Waals surface area contributed by atoms with Crippen molar-refractivity contribution in [1.29, 1.82) is 5.26 Å². The molecule has 0 fully saturated rings. The second kappa shape index (κ2) is 9.45. The molecule has 0 aliphatic carbocycles. The van der Waals surface area contributed by atoms with Crippen LogP contribution in [-0.2, 0) is 9.53 Å². The first-order valence-electron chi connectivity index (χ1n) is 9.40. The molecule has 0 spiro atoms. The molecule has 3 aromatic rings. The second-order valence-electron chi connectivity index (χ2n) is 6.83. The van der Waals surface area contributed by atoms with Gasteiger partial charge in [-0.2, -0.15) is 5.26 Å². The molecular weight excluding hydrogens is 458 g/mol. The minimum Gasteiger partial charge on any atom is -0.465 e. The Morgan fingerprint density at radius 3 is 2.32 bits per heavy atom. The van der Waals surface area contributed by atoms with Gasteiger partial charge in [-0.3, -0.25) is 4.79 Å². The van der Waals surface area contributed by atoms with E-state index in [-0.39, 0.29) is 5.57 Å². The van der Waals surface area contributed by atoms with Gasteiger partial charge in [-0.15, -0.1) is 0 Å². The molecule has 1 N–H and O–H groups in total. The highest BCUT2D eigenvalue weighted by Crippen LogP contribution is 2.24. The molecular formula is C24H20BrN3O3. The van der Waals surface area contributed by atoms with Crippen molar-refractivity contribution in [2.24, 2.45) is 0 Å². The van der Waals surface area contributed by atoms with E-state index in [0.717, 1.165) is 27.1 Å². The first-order valence-corrected chi connectivity index (χ1v) is 10.2. The maximum Gasteiger partial charge on any atom is 0.337 e. The summed E-state index contributed by atoms with van der Waals surface area (Å²) in [6, 6.07) is 18.1. The number of methoxy groups -OCH3 is 1. The maximum atomic E-state index is 12.6. The third kappa shape index (κ3) is 4.93. The maximum absolute atomic E-state index is 12.6. The Labute approximate surface area is 188 Å². The van der Waals surface area contributed by atoms with Crippen LogP contribution in [0.15, 0.2) is 64.6 Å². The molecule has 0 saturated carbocycles. The van der Waals surface area contributed by atoms with E-state index >= 15 is 0 Å². The summed E-state index contributed by atoms with van der Waals surface area (Å²) < 4.78 is 7.63. The topological polar surface area (TPSA) is 84.1 Å². The molecule has 0 radical (unpaired) electrons. The number of carbonyl (C=O) groups is 2. The third-order valence-electron chi connectivity index (χ3n) is 4.78. The largest absolute Gasteiger partial charge is 0.465 e. The summed E-state index contributed by atoms with van der Waals surface area (Å²) in [5, 5.41) is 12.3. The van der Waals surface area contributed by atoms with E-state index in [9.17, 15) is 14.9 Å². The molecule has 0 aliphatic rings. The van der Waals surface area contributed by atoms with Gasteiger partial charge in [0.1, 0.15) is 11.6 Å². The van der Waals surface area contributed by atoms with Gasteiger partial charge in [0.15, 0.2) is 0 Å². The normalized spacial score (nSPS) is 11.0. The van der Waals surface area contributed by atoms with Gasteiger partial charge in [-0.25, -0.2) is 4.79 Å². The third-order valence-corrected chi connectivity index (χ3v) is 5.31. The quantitative estimate of drug-likeness (QED) is 0.311. The lowest BCUT2D eigenvalue weighted by atomic mass is 10.1. The van der Waals surface area contributed by atoms with Crippen molar-refractivity contribution in [2.75, 3.05) is 12.4 Å². The van der Waals surface area contributed by atoms with E-state index in [1.165, 1.54) is 7.11 Å². The van der Waals surface area contributed by atoms with Crippen LogP contribution >= 0.6 is 15.9 Å². The van der Waals surface area contributed by atoms with Crippen molar-refractivity contribution >= 4 is 39.6 Å². The van der Waals surface area contributed by atoms with E-state index in [4.69, 9.17) is 4.74 Å². The lowest BCUT2D eigenvalue weighted by Crippen LogP contribution is -2.13. The molecule has 1 amide bonds. The highest BCUT2D eigenvalue weighted by molar-refractivity contribution is 9.10. The van der Waals surface area contributed by atoms with E-state index in [1.54, 1.807) is 30.3 Å². The summed E-state index contributed by atoms with van der Waals surface area (Å²) in [5.41, 5.74) is 4.49. The summed E-state index contributed by atoms with van der Waals surface area (Å²) in [4.78, 5) is 24.2. The number of rotatable bonds is 5. The monoisotopic (exact) mass is 477 g/mol. The van der Waals surface area contributed by atoms with Gasteiger partial charge in [0.25, 0.3) is 5.91 Å². The van der Waals surface area contributed by atoms with Crippen molar-refractivity contribution in [1.82, 2.24) is 4.57 Å². The molecule has 1 heterocycles. The fourth-order valence-electron chi connectivity index (χ4n) is 3.23. The molecule has 7 heteroatoms. The van der Waals surface area contributed by atoms with E-state index in [2.05, 4.69) is 21.2 Å². The van der Waals surface area contributed by atoms with E-state index < -0.39 is 11.9 Å². The Morgan fingerprint density at radius 2 is 1.74 bits per heavy atom. The standard InChI is InChI=1S/C24H20BrN3O3/c1-15-12-18(13-19(14-26)23(29)27-21-8-6-20(25)7-9-21)16(2)28(15)22-10-4-17(5-11-22)24(30)31-3/h4-13H,1-3H3,(H,27,29)/b19-13+. The zero-order chi connectivity index (χ0) is 22.5. The van der Waals surface area contributed by atoms with Crippen LogP contribution in [0.2, 0.25) is 0 Å². The molecule has 0 atom stereocenters. The molecule has 3 rings (SSSR count). The Hall–Kier alpha value is -3.63. The summed E-state index contributed by atoms with van der Waals surface area (Å²) in [7, 11) is 1.34. The fraction of sp³-hybridized carbons (Fsp3) is 0.125. The average molecular weight is 478 g/mol. The number of amides is 1. The van der Waals surface area contributed by atoms with Crippen LogP contribution in [0.1, 0.15) is 27.3 Å². The van der Waals surface area contributed by atoms with Crippen molar-refractivity contribution < 1.29 is 14.3 Å². The van der Waals surface area contributed by atoms with Crippen LogP contribution in [0.25, 0.3) is 11.8 Å². The first kappa shape index (κ1) is 22.1. The Kier molecular flexibility index (Phi) is 6.73. The summed E-state index contributed by atoms with van der Waals surface area (Å²) in [6.45, 7) is 3.85. The molecule has 156 valence electrons. The van der Waals surface area contributed by atoms with Crippen LogP contribution < -0.4 is 5.32 Å². The number of ether oxygens (including phenoxy) is 1. The summed E-state index contributed by atoms with van der Waals surface area (Å²) in [6.07, 6.45) is 1.58. The number of hydrogen-bond acceptors (Lipinski definition) is 4. The number of nitrogens with zero attached hydrogens (tertiary/aromatic N) is 2. The fourth-order valence-corrected chi connectivity index (χ4v) is 3.50. The first-order chi connectivity index (χ1) is 14.8. The van der Waals surface area contributed by atoms with Crippen LogP contribution in [-0.4, -0.2) is 23.6 Å². The second-order valence-corrected chi connectivity index (χ2v) is 7.75. The van der Waals surface area contributed by atoms with Gasteiger partial charge >= 0.3 is 5.97 Å².